The maximum atomic E-state index is 12.5. The van der Waals surface area contributed by atoms with E-state index in [1.54, 1.807) is 18.2 Å². The number of carbonyl (C=O) groups excluding carboxylic acids is 2. The largest absolute Gasteiger partial charge is 0.497 e. The normalized spacial score (nSPS) is 17.2. The van der Waals surface area contributed by atoms with Gasteiger partial charge >= 0.3 is 6.18 Å². The number of halogens is 3. The van der Waals surface area contributed by atoms with Crippen LogP contribution in [-0.4, -0.2) is 56.2 Å². The van der Waals surface area contributed by atoms with Gasteiger partial charge in [-0.15, -0.1) is 0 Å². The first-order valence-electron chi connectivity index (χ1n) is 8.30. The molecule has 1 saturated heterocycles. The van der Waals surface area contributed by atoms with Crippen molar-refractivity contribution >= 4 is 17.9 Å². The first-order valence-corrected chi connectivity index (χ1v) is 8.30. The molecule has 0 aliphatic carbocycles. The summed E-state index contributed by atoms with van der Waals surface area (Å²) in [6.07, 6.45) is -0.830. The molecule has 1 aromatic rings. The van der Waals surface area contributed by atoms with E-state index >= 15 is 0 Å². The highest BCUT2D eigenvalue weighted by Gasteiger charge is 2.35. The quantitative estimate of drug-likeness (QED) is 0.763. The van der Waals surface area contributed by atoms with Gasteiger partial charge in [-0.1, -0.05) is 0 Å². The van der Waals surface area contributed by atoms with Gasteiger partial charge in [0, 0.05) is 18.2 Å². The van der Waals surface area contributed by atoms with Gasteiger partial charge in [0.25, 0.3) is 0 Å². The van der Waals surface area contributed by atoms with Gasteiger partial charge in [0.2, 0.25) is 11.8 Å². The van der Waals surface area contributed by atoms with E-state index in [1.165, 1.54) is 31.3 Å². The van der Waals surface area contributed by atoms with Crippen molar-refractivity contribution in [3.05, 3.63) is 29.8 Å². The number of benzene rings is 1. The molecule has 1 unspecified atom stereocenters. The van der Waals surface area contributed by atoms with E-state index in [9.17, 15) is 22.8 Å². The van der Waals surface area contributed by atoms with E-state index in [2.05, 4.69) is 0 Å². The minimum Gasteiger partial charge on any atom is -0.497 e. The minimum absolute atomic E-state index is 0.308. The summed E-state index contributed by atoms with van der Waals surface area (Å²) in [6.45, 7) is -1.11. The Morgan fingerprint density at radius 2 is 2.04 bits per heavy atom. The monoisotopic (exact) mass is 386 g/mol. The van der Waals surface area contributed by atoms with Gasteiger partial charge in [0.15, 0.2) is 0 Å². The van der Waals surface area contributed by atoms with Gasteiger partial charge in [0.05, 0.1) is 14.2 Å². The van der Waals surface area contributed by atoms with Gasteiger partial charge < -0.3 is 19.7 Å². The number of alkyl halides is 3. The van der Waals surface area contributed by atoms with Crippen LogP contribution in [0.1, 0.15) is 18.4 Å². The highest BCUT2D eigenvalue weighted by atomic mass is 19.4. The first kappa shape index (κ1) is 20.6. The van der Waals surface area contributed by atoms with E-state index in [-0.39, 0.29) is 0 Å². The van der Waals surface area contributed by atoms with Crippen molar-refractivity contribution in [1.82, 2.24) is 10.2 Å². The number of nitrogens with zero attached hydrogens (tertiary/aromatic N) is 1. The maximum absolute atomic E-state index is 12.5. The summed E-state index contributed by atoms with van der Waals surface area (Å²) in [4.78, 5) is 25.7. The molecule has 1 aromatic carbocycles. The molecule has 0 aromatic heterocycles. The average Bonchev–Trinajstić information content (AvgIpc) is 3.13. The van der Waals surface area contributed by atoms with Crippen LogP contribution in [0.25, 0.3) is 6.08 Å². The summed E-state index contributed by atoms with van der Waals surface area (Å²) >= 11 is 0. The number of hydrogen-bond donors (Lipinski definition) is 1. The summed E-state index contributed by atoms with van der Waals surface area (Å²) in [7, 11) is 3.00. The molecule has 1 atom stereocenters. The van der Waals surface area contributed by atoms with Gasteiger partial charge in [-0.2, -0.15) is 13.2 Å². The smallest absolute Gasteiger partial charge is 0.405 e. The van der Waals surface area contributed by atoms with E-state index in [1.807, 2.05) is 5.32 Å². The third-order valence-corrected chi connectivity index (χ3v) is 4.14. The second-order valence-corrected chi connectivity index (χ2v) is 5.96. The van der Waals surface area contributed by atoms with E-state index in [4.69, 9.17) is 9.47 Å². The molecule has 0 saturated carbocycles. The van der Waals surface area contributed by atoms with Gasteiger partial charge in [0.1, 0.15) is 24.1 Å². The summed E-state index contributed by atoms with van der Waals surface area (Å²) in [5.41, 5.74) is 0.600. The average molecular weight is 386 g/mol. The summed E-state index contributed by atoms with van der Waals surface area (Å²) in [5.74, 6) is -0.149. The molecule has 1 fully saturated rings. The summed E-state index contributed by atoms with van der Waals surface area (Å²) in [5, 5.41) is 1.84. The molecule has 1 N–H and O–H groups in total. The standard InChI is InChI=1S/C18H21F3N2O4/c1-26-13-6-7-15(27-2)12(10-13)5-8-16(24)23-9-3-4-14(23)17(25)22-11-18(19,20)21/h5-8,10,14H,3-4,9,11H2,1-2H3,(H,22,25). The van der Waals surface area contributed by atoms with Crippen molar-refractivity contribution in [2.24, 2.45) is 0 Å². The van der Waals surface area contributed by atoms with Crippen molar-refractivity contribution in [2.45, 2.75) is 25.1 Å². The molecule has 0 spiro atoms. The van der Waals surface area contributed by atoms with Crippen LogP contribution in [0, 0.1) is 0 Å². The molecular weight excluding hydrogens is 365 g/mol. The summed E-state index contributed by atoms with van der Waals surface area (Å²) in [6, 6.07) is 4.17. The number of nitrogens with one attached hydrogen (secondary N) is 1. The van der Waals surface area contributed by atoms with Crippen LogP contribution in [0.5, 0.6) is 11.5 Å². The van der Waals surface area contributed by atoms with Crippen LogP contribution >= 0.6 is 0 Å². The predicted molar refractivity (Wildman–Crippen MR) is 92.4 cm³/mol. The van der Waals surface area contributed by atoms with Crippen molar-refractivity contribution in [1.29, 1.82) is 0 Å². The molecule has 2 rings (SSSR count). The fourth-order valence-electron chi connectivity index (χ4n) is 2.83. The second kappa shape index (κ2) is 8.79. The van der Waals surface area contributed by atoms with Crippen LogP contribution in [0.2, 0.25) is 0 Å². The lowest BCUT2D eigenvalue weighted by atomic mass is 10.1. The number of rotatable bonds is 6. The molecule has 2 amide bonds. The van der Waals surface area contributed by atoms with Gasteiger partial charge in [-0.25, -0.2) is 0 Å². The van der Waals surface area contributed by atoms with Crippen LogP contribution in [-0.2, 0) is 9.59 Å². The number of hydrogen-bond acceptors (Lipinski definition) is 4. The molecule has 1 aliphatic rings. The van der Waals surface area contributed by atoms with Crippen LogP contribution in [0.4, 0.5) is 13.2 Å². The number of amides is 2. The zero-order valence-electron chi connectivity index (χ0n) is 15.0. The van der Waals surface area contributed by atoms with E-state index in [0.29, 0.717) is 36.4 Å². The molecule has 0 radical (unpaired) electrons. The van der Waals surface area contributed by atoms with Crippen molar-refractivity contribution in [3.8, 4) is 11.5 Å². The molecule has 1 aliphatic heterocycles. The Hall–Kier alpha value is -2.71. The first-order chi connectivity index (χ1) is 12.7. The van der Waals surface area contributed by atoms with Crippen molar-refractivity contribution in [2.75, 3.05) is 27.3 Å². The number of methoxy groups -OCH3 is 2. The van der Waals surface area contributed by atoms with Crippen LogP contribution in [0.3, 0.4) is 0 Å². The molecule has 6 nitrogen and oxygen atoms in total. The predicted octanol–water partition coefficient (Wildman–Crippen LogP) is 2.39. The topological polar surface area (TPSA) is 67.9 Å². The molecule has 9 heteroatoms. The molecule has 148 valence electrons. The molecule has 0 bridgehead atoms. The van der Waals surface area contributed by atoms with Gasteiger partial charge in [-0.3, -0.25) is 9.59 Å². The summed E-state index contributed by atoms with van der Waals surface area (Å²) < 4.78 is 47.2. The third kappa shape index (κ3) is 5.63. The van der Waals surface area contributed by atoms with E-state index < -0.39 is 30.6 Å². The van der Waals surface area contributed by atoms with Crippen LogP contribution < -0.4 is 14.8 Å². The highest BCUT2D eigenvalue weighted by Crippen LogP contribution is 2.26. The SMILES string of the molecule is COc1ccc(OC)c(C=CC(=O)N2CCCC2C(=O)NCC(F)(F)F)c1. The van der Waals surface area contributed by atoms with Gasteiger partial charge in [-0.05, 0) is 37.1 Å². The fourth-order valence-corrected chi connectivity index (χ4v) is 2.83. The molecule has 1 heterocycles. The zero-order chi connectivity index (χ0) is 20.0. The lowest BCUT2D eigenvalue weighted by Crippen LogP contribution is -2.47. The fraction of sp³-hybridized carbons (Fsp3) is 0.444. The number of ether oxygens (including phenoxy) is 2. The Kier molecular flexibility index (Phi) is 6.70. The van der Waals surface area contributed by atoms with E-state index in [0.717, 1.165) is 0 Å². The second-order valence-electron chi connectivity index (χ2n) is 5.96. The lowest BCUT2D eigenvalue weighted by Gasteiger charge is -2.23. The number of likely N-dealkylation sites (tertiary alicyclic amines) is 1. The Bertz CT molecular complexity index is 719. The third-order valence-electron chi connectivity index (χ3n) is 4.14. The minimum atomic E-state index is -4.49. The number of carbonyl (C=O) groups is 2. The lowest BCUT2D eigenvalue weighted by molar-refractivity contribution is -0.143. The molecule has 27 heavy (non-hydrogen) atoms. The molecular formula is C18H21F3N2O4. The Morgan fingerprint density at radius 1 is 1.30 bits per heavy atom. The maximum Gasteiger partial charge on any atom is 0.405 e. The Balaban J connectivity index is 2.08. The van der Waals surface area contributed by atoms with Crippen molar-refractivity contribution in [3.63, 3.8) is 0 Å². The zero-order valence-corrected chi connectivity index (χ0v) is 15.0. The van der Waals surface area contributed by atoms with Crippen molar-refractivity contribution < 1.29 is 32.2 Å². The highest BCUT2D eigenvalue weighted by molar-refractivity contribution is 5.96. The Labute approximate surface area is 154 Å². The van der Waals surface area contributed by atoms with Crippen LogP contribution in [0.15, 0.2) is 24.3 Å². The Morgan fingerprint density at radius 3 is 2.67 bits per heavy atom.